The van der Waals surface area contributed by atoms with Crippen molar-refractivity contribution in [3.05, 3.63) is 33.9 Å². The summed E-state index contributed by atoms with van der Waals surface area (Å²) < 4.78 is 11.5. The third-order valence-electron chi connectivity index (χ3n) is 5.98. The van der Waals surface area contributed by atoms with Gasteiger partial charge >= 0.3 is 0 Å². The lowest BCUT2D eigenvalue weighted by Gasteiger charge is -2.34. The van der Waals surface area contributed by atoms with Gasteiger partial charge in [-0.3, -0.25) is 4.79 Å². The average molecular weight is 342 g/mol. The van der Waals surface area contributed by atoms with Crippen molar-refractivity contribution < 1.29 is 14.3 Å². The van der Waals surface area contributed by atoms with E-state index >= 15 is 0 Å². The number of ether oxygens (including phenoxy) is 2. The largest absolute Gasteiger partial charge is 0.493 e. The summed E-state index contributed by atoms with van der Waals surface area (Å²) in [6, 6.07) is 2.24. The van der Waals surface area contributed by atoms with Crippen molar-refractivity contribution in [1.82, 2.24) is 0 Å². The molecule has 0 N–H and O–H groups in total. The molecule has 2 aliphatic carbocycles. The highest BCUT2D eigenvalue weighted by Crippen LogP contribution is 2.48. The highest BCUT2D eigenvalue weighted by Gasteiger charge is 2.36. The number of ketones is 1. The van der Waals surface area contributed by atoms with Gasteiger partial charge in [0.1, 0.15) is 0 Å². The number of methoxy groups -OCH3 is 2. The zero-order chi connectivity index (χ0) is 18.4. The molecular weight excluding hydrogens is 312 g/mol. The number of Topliss-reactive ketones (excluding diaryl/α,β-unsaturated/α-hetero) is 1. The first kappa shape index (κ1) is 18.0. The Bertz CT molecular complexity index is 738. The number of hydrogen-bond acceptors (Lipinski definition) is 3. The first-order valence-electron chi connectivity index (χ1n) is 9.32. The summed E-state index contributed by atoms with van der Waals surface area (Å²) in [6.07, 6.45) is 4.20. The van der Waals surface area contributed by atoms with Crippen LogP contribution in [0.5, 0.6) is 11.5 Å². The molecule has 0 bridgehead atoms. The third-order valence-corrected chi connectivity index (χ3v) is 5.98. The highest BCUT2D eigenvalue weighted by molar-refractivity contribution is 5.98. The molecule has 0 radical (unpaired) electrons. The molecule has 3 rings (SSSR count). The molecule has 0 amide bonds. The van der Waals surface area contributed by atoms with Gasteiger partial charge in [-0.1, -0.05) is 39.3 Å². The number of carbonyl (C=O) groups excluding carboxylic acids is 1. The Morgan fingerprint density at radius 3 is 2.32 bits per heavy atom. The van der Waals surface area contributed by atoms with Crippen LogP contribution in [0.3, 0.4) is 0 Å². The maximum absolute atomic E-state index is 12.7. The molecule has 0 saturated carbocycles. The summed E-state index contributed by atoms with van der Waals surface area (Å²) in [5, 5.41) is 0. The van der Waals surface area contributed by atoms with E-state index in [1.54, 1.807) is 14.2 Å². The third kappa shape index (κ3) is 2.98. The Morgan fingerprint density at radius 1 is 1.04 bits per heavy atom. The van der Waals surface area contributed by atoms with Crippen molar-refractivity contribution in [2.45, 2.75) is 65.7 Å². The standard InChI is InChI=1S/C22H30O3/c1-13(2)16-11-14-12-17-18(22(3,4)10-9-19(17)23)8-7-15(14)20(24-5)21(16)25-6/h11,13H,7-10,12H2,1-6H3. The topological polar surface area (TPSA) is 35.5 Å². The molecule has 0 spiro atoms. The van der Waals surface area contributed by atoms with Crippen LogP contribution in [0.15, 0.2) is 17.2 Å². The predicted octanol–water partition coefficient (Wildman–Crippen LogP) is 5.00. The van der Waals surface area contributed by atoms with E-state index in [2.05, 4.69) is 33.8 Å². The zero-order valence-corrected chi connectivity index (χ0v) is 16.4. The SMILES string of the molecule is COc1c(C(C)C)cc2c(c1OC)CCC1=C(C2)C(=O)CCC1(C)C. The van der Waals surface area contributed by atoms with E-state index in [4.69, 9.17) is 9.47 Å². The average Bonchev–Trinajstić information content (AvgIpc) is 2.77. The van der Waals surface area contributed by atoms with E-state index < -0.39 is 0 Å². The van der Waals surface area contributed by atoms with Gasteiger partial charge in [0, 0.05) is 24.0 Å². The lowest BCUT2D eigenvalue weighted by Crippen LogP contribution is -2.26. The molecule has 136 valence electrons. The number of hydrogen-bond donors (Lipinski definition) is 0. The monoisotopic (exact) mass is 342 g/mol. The van der Waals surface area contributed by atoms with E-state index in [9.17, 15) is 4.79 Å². The van der Waals surface area contributed by atoms with Crippen LogP contribution in [-0.2, 0) is 17.6 Å². The van der Waals surface area contributed by atoms with Crippen molar-refractivity contribution in [3.8, 4) is 11.5 Å². The van der Waals surface area contributed by atoms with Gasteiger partial charge in [-0.2, -0.15) is 0 Å². The lowest BCUT2D eigenvalue weighted by atomic mass is 9.70. The van der Waals surface area contributed by atoms with Gasteiger partial charge in [0.15, 0.2) is 17.3 Å². The number of benzene rings is 1. The molecule has 3 nitrogen and oxygen atoms in total. The molecule has 0 atom stereocenters. The minimum absolute atomic E-state index is 0.115. The first-order chi connectivity index (χ1) is 11.8. The van der Waals surface area contributed by atoms with E-state index in [-0.39, 0.29) is 5.41 Å². The van der Waals surface area contributed by atoms with E-state index in [0.717, 1.165) is 48.3 Å². The van der Waals surface area contributed by atoms with Gasteiger partial charge < -0.3 is 9.47 Å². The Labute approximate surface area is 151 Å². The fourth-order valence-electron chi connectivity index (χ4n) is 4.48. The summed E-state index contributed by atoms with van der Waals surface area (Å²) in [5.41, 5.74) is 6.12. The Hall–Kier alpha value is -1.77. The molecule has 0 aliphatic heterocycles. The van der Waals surface area contributed by atoms with Crippen LogP contribution in [0.2, 0.25) is 0 Å². The summed E-state index contributed by atoms with van der Waals surface area (Å²) >= 11 is 0. The molecule has 0 saturated heterocycles. The first-order valence-corrected chi connectivity index (χ1v) is 9.32. The van der Waals surface area contributed by atoms with Crippen LogP contribution in [-0.4, -0.2) is 20.0 Å². The normalized spacial score (nSPS) is 19.4. The quantitative estimate of drug-likeness (QED) is 0.775. The lowest BCUT2D eigenvalue weighted by molar-refractivity contribution is -0.116. The van der Waals surface area contributed by atoms with Gasteiger partial charge in [0.05, 0.1) is 14.2 Å². The molecule has 1 aromatic rings. The second kappa shape index (κ2) is 6.51. The van der Waals surface area contributed by atoms with Gasteiger partial charge in [-0.25, -0.2) is 0 Å². The number of carbonyl (C=O) groups is 1. The molecule has 0 fully saturated rings. The van der Waals surface area contributed by atoms with Crippen molar-refractivity contribution in [1.29, 1.82) is 0 Å². The van der Waals surface area contributed by atoms with Crippen molar-refractivity contribution in [2.75, 3.05) is 14.2 Å². The van der Waals surface area contributed by atoms with E-state index in [1.807, 2.05) is 0 Å². The number of allylic oxidation sites excluding steroid dienone is 2. The van der Waals surface area contributed by atoms with Crippen molar-refractivity contribution in [3.63, 3.8) is 0 Å². The van der Waals surface area contributed by atoms with Crippen LogP contribution in [0.25, 0.3) is 0 Å². The van der Waals surface area contributed by atoms with Crippen LogP contribution in [0.4, 0.5) is 0 Å². The Kier molecular flexibility index (Phi) is 4.70. The molecular formula is C22H30O3. The summed E-state index contributed by atoms with van der Waals surface area (Å²) in [4.78, 5) is 12.7. The number of rotatable bonds is 3. The smallest absolute Gasteiger partial charge is 0.164 e. The van der Waals surface area contributed by atoms with Gasteiger partial charge in [-0.05, 0) is 41.7 Å². The summed E-state index contributed by atoms with van der Waals surface area (Å²) in [5.74, 6) is 2.38. The van der Waals surface area contributed by atoms with Gasteiger partial charge in [0.2, 0.25) is 0 Å². The molecule has 25 heavy (non-hydrogen) atoms. The van der Waals surface area contributed by atoms with Crippen molar-refractivity contribution in [2.24, 2.45) is 5.41 Å². The van der Waals surface area contributed by atoms with E-state index in [0.29, 0.717) is 18.1 Å². The summed E-state index contributed by atoms with van der Waals surface area (Å²) in [7, 11) is 3.43. The fourth-order valence-corrected chi connectivity index (χ4v) is 4.48. The molecule has 1 aromatic carbocycles. The molecule has 0 unspecified atom stereocenters. The van der Waals surface area contributed by atoms with Crippen LogP contribution in [0, 0.1) is 5.41 Å². The van der Waals surface area contributed by atoms with Crippen LogP contribution < -0.4 is 9.47 Å². The molecule has 0 aromatic heterocycles. The zero-order valence-electron chi connectivity index (χ0n) is 16.4. The van der Waals surface area contributed by atoms with Crippen molar-refractivity contribution >= 4 is 5.78 Å². The van der Waals surface area contributed by atoms with Crippen LogP contribution >= 0.6 is 0 Å². The minimum Gasteiger partial charge on any atom is -0.493 e. The second-order valence-corrected chi connectivity index (χ2v) is 8.27. The predicted molar refractivity (Wildman–Crippen MR) is 101 cm³/mol. The maximum Gasteiger partial charge on any atom is 0.164 e. The number of fused-ring (bicyclic) bond motifs is 1. The second-order valence-electron chi connectivity index (χ2n) is 8.27. The van der Waals surface area contributed by atoms with E-state index in [1.165, 1.54) is 16.7 Å². The Balaban J connectivity index is 2.18. The van der Waals surface area contributed by atoms with Gasteiger partial charge in [0.25, 0.3) is 0 Å². The summed E-state index contributed by atoms with van der Waals surface area (Å²) in [6.45, 7) is 8.89. The van der Waals surface area contributed by atoms with Gasteiger partial charge in [-0.15, -0.1) is 0 Å². The Morgan fingerprint density at radius 2 is 1.72 bits per heavy atom. The molecule has 3 heteroatoms. The van der Waals surface area contributed by atoms with Crippen LogP contribution in [0.1, 0.15) is 69.6 Å². The highest BCUT2D eigenvalue weighted by atomic mass is 16.5. The minimum atomic E-state index is 0.115. The molecule has 0 heterocycles. The maximum atomic E-state index is 12.7. The fraction of sp³-hybridized carbons (Fsp3) is 0.591. The molecule has 2 aliphatic rings.